The number of ether oxygens (including phenoxy) is 1. The summed E-state index contributed by atoms with van der Waals surface area (Å²) in [6, 6.07) is 9.70. The van der Waals surface area contributed by atoms with Gasteiger partial charge in [-0.3, -0.25) is 9.69 Å². The van der Waals surface area contributed by atoms with Gasteiger partial charge in [0.2, 0.25) is 5.91 Å². The van der Waals surface area contributed by atoms with Crippen LogP contribution >= 0.6 is 0 Å². The highest BCUT2D eigenvalue weighted by Gasteiger charge is 2.24. The summed E-state index contributed by atoms with van der Waals surface area (Å²) < 4.78 is 11.5. The van der Waals surface area contributed by atoms with Crippen LogP contribution in [0.2, 0.25) is 0 Å². The van der Waals surface area contributed by atoms with Gasteiger partial charge in [-0.1, -0.05) is 18.2 Å². The molecule has 0 aliphatic carbocycles. The molecule has 0 unspecified atom stereocenters. The van der Waals surface area contributed by atoms with Gasteiger partial charge in [-0.15, -0.1) is 0 Å². The van der Waals surface area contributed by atoms with E-state index < -0.39 is 0 Å². The van der Waals surface area contributed by atoms with E-state index in [1.165, 1.54) is 0 Å². The third-order valence-corrected chi connectivity index (χ3v) is 4.11. The first kappa shape index (κ1) is 16.0. The number of benzene rings is 1. The minimum atomic E-state index is -0.147. The summed E-state index contributed by atoms with van der Waals surface area (Å²) in [7, 11) is 0. The van der Waals surface area contributed by atoms with E-state index in [0.717, 1.165) is 29.8 Å². The predicted molar refractivity (Wildman–Crippen MR) is 89.2 cm³/mol. The van der Waals surface area contributed by atoms with Crippen LogP contribution in [0.3, 0.4) is 0 Å². The van der Waals surface area contributed by atoms with Gasteiger partial charge in [0.1, 0.15) is 11.3 Å². The van der Waals surface area contributed by atoms with Gasteiger partial charge in [0.05, 0.1) is 24.8 Å². The maximum Gasteiger partial charge on any atom is 0.234 e. The molecule has 23 heavy (non-hydrogen) atoms. The predicted octanol–water partition coefficient (Wildman–Crippen LogP) is 2.72. The summed E-state index contributed by atoms with van der Waals surface area (Å²) in [4.78, 5) is 14.4. The van der Waals surface area contributed by atoms with Crippen LogP contribution < -0.4 is 5.32 Å². The average molecular weight is 316 g/mol. The Morgan fingerprint density at radius 2 is 2.00 bits per heavy atom. The van der Waals surface area contributed by atoms with Crippen molar-refractivity contribution in [3.8, 4) is 0 Å². The number of carbonyl (C=O) groups excluding carboxylic acids is 1. The number of para-hydroxylation sites is 1. The third kappa shape index (κ3) is 3.92. The monoisotopic (exact) mass is 316 g/mol. The number of furan rings is 1. The number of nitrogens with one attached hydrogen (secondary N) is 1. The molecule has 1 aliphatic heterocycles. The topological polar surface area (TPSA) is 54.7 Å². The van der Waals surface area contributed by atoms with Crippen molar-refractivity contribution < 1.29 is 13.9 Å². The molecule has 1 N–H and O–H groups in total. The summed E-state index contributed by atoms with van der Waals surface area (Å²) in [5.74, 6) is 0.794. The molecule has 124 valence electrons. The maximum absolute atomic E-state index is 12.3. The molecule has 1 aromatic carbocycles. The van der Waals surface area contributed by atoms with Crippen molar-refractivity contribution in [2.24, 2.45) is 0 Å². The summed E-state index contributed by atoms with van der Waals surface area (Å²) >= 11 is 0. The fourth-order valence-electron chi connectivity index (χ4n) is 3.19. The molecule has 5 nitrogen and oxygen atoms in total. The van der Waals surface area contributed by atoms with E-state index in [1.54, 1.807) is 0 Å². The van der Waals surface area contributed by atoms with Crippen LogP contribution in [0, 0.1) is 0 Å². The molecule has 1 aliphatic rings. The molecule has 3 atom stereocenters. The van der Waals surface area contributed by atoms with Gasteiger partial charge in [-0.2, -0.15) is 0 Å². The highest BCUT2D eigenvalue weighted by molar-refractivity contribution is 5.80. The second kappa shape index (κ2) is 6.72. The van der Waals surface area contributed by atoms with Crippen LogP contribution in [0.25, 0.3) is 11.0 Å². The van der Waals surface area contributed by atoms with Gasteiger partial charge >= 0.3 is 0 Å². The van der Waals surface area contributed by atoms with E-state index >= 15 is 0 Å². The smallest absolute Gasteiger partial charge is 0.234 e. The Morgan fingerprint density at radius 3 is 2.70 bits per heavy atom. The first-order valence-corrected chi connectivity index (χ1v) is 8.17. The zero-order valence-electron chi connectivity index (χ0n) is 13.9. The number of fused-ring (bicyclic) bond motifs is 1. The lowest BCUT2D eigenvalue weighted by Crippen LogP contribution is -2.49. The number of amides is 1. The van der Waals surface area contributed by atoms with Crippen LogP contribution in [0.15, 0.2) is 34.7 Å². The zero-order valence-corrected chi connectivity index (χ0v) is 13.9. The van der Waals surface area contributed by atoms with Gasteiger partial charge in [0.25, 0.3) is 0 Å². The van der Waals surface area contributed by atoms with Crippen molar-refractivity contribution in [2.75, 3.05) is 19.6 Å². The molecule has 1 saturated heterocycles. The molecule has 0 bridgehead atoms. The highest BCUT2D eigenvalue weighted by Crippen LogP contribution is 2.23. The molecular weight excluding hydrogens is 292 g/mol. The Morgan fingerprint density at radius 1 is 1.30 bits per heavy atom. The molecular formula is C18H24N2O3. The summed E-state index contributed by atoms with van der Waals surface area (Å²) in [6.07, 6.45) is 0.332. The molecule has 1 fully saturated rings. The lowest BCUT2D eigenvalue weighted by atomic mass is 10.2. The highest BCUT2D eigenvalue weighted by atomic mass is 16.5. The molecule has 1 amide bonds. The maximum atomic E-state index is 12.3. The number of morpholine rings is 1. The van der Waals surface area contributed by atoms with Crippen molar-refractivity contribution in [2.45, 2.75) is 39.0 Å². The van der Waals surface area contributed by atoms with Crippen molar-refractivity contribution in [1.29, 1.82) is 0 Å². The number of hydrogen-bond acceptors (Lipinski definition) is 4. The Bertz CT molecular complexity index is 639. The molecule has 2 aromatic rings. The second-order valence-electron chi connectivity index (χ2n) is 6.43. The largest absolute Gasteiger partial charge is 0.459 e. The Labute approximate surface area is 136 Å². The van der Waals surface area contributed by atoms with Crippen molar-refractivity contribution in [1.82, 2.24) is 10.2 Å². The molecule has 0 spiro atoms. The normalized spacial score (nSPS) is 23.8. The van der Waals surface area contributed by atoms with Gasteiger partial charge in [-0.05, 0) is 32.9 Å². The molecule has 2 heterocycles. The Hall–Kier alpha value is -1.85. The number of carbonyl (C=O) groups is 1. The van der Waals surface area contributed by atoms with Crippen LogP contribution in [0.4, 0.5) is 0 Å². The van der Waals surface area contributed by atoms with E-state index in [4.69, 9.17) is 9.15 Å². The third-order valence-electron chi connectivity index (χ3n) is 4.11. The molecule has 3 rings (SSSR count). The minimum Gasteiger partial charge on any atom is -0.459 e. The summed E-state index contributed by atoms with van der Waals surface area (Å²) in [5.41, 5.74) is 0.847. The molecule has 1 aromatic heterocycles. The van der Waals surface area contributed by atoms with Gasteiger partial charge in [0, 0.05) is 18.5 Å². The van der Waals surface area contributed by atoms with E-state index in [-0.39, 0.29) is 24.2 Å². The fourth-order valence-corrected chi connectivity index (χ4v) is 3.19. The van der Waals surface area contributed by atoms with Crippen molar-refractivity contribution in [3.05, 3.63) is 36.1 Å². The fraction of sp³-hybridized carbons (Fsp3) is 0.500. The molecule has 0 radical (unpaired) electrons. The molecule has 5 heteroatoms. The van der Waals surface area contributed by atoms with Crippen LogP contribution in [0.1, 0.15) is 32.6 Å². The average Bonchev–Trinajstić information content (AvgIpc) is 2.89. The number of nitrogens with zero attached hydrogens (tertiary/aromatic N) is 1. The zero-order chi connectivity index (χ0) is 16.4. The lowest BCUT2D eigenvalue weighted by molar-refractivity contribution is -0.126. The standard InChI is InChI=1S/C18H24N2O3/c1-12-9-20(10-13(2)22-12)11-18(21)19-14(3)17-8-15-6-4-5-7-16(15)23-17/h4-8,12-14H,9-11H2,1-3H3,(H,19,21)/t12-,13-,14-/m1/s1. The first-order valence-electron chi connectivity index (χ1n) is 8.17. The van der Waals surface area contributed by atoms with Gasteiger partial charge < -0.3 is 14.5 Å². The lowest BCUT2D eigenvalue weighted by Gasteiger charge is -2.34. The van der Waals surface area contributed by atoms with Crippen molar-refractivity contribution >= 4 is 16.9 Å². The minimum absolute atomic E-state index is 0.0132. The van der Waals surface area contributed by atoms with Gasteiger partial charge in [-0.25, -0.2) is 0 Å². The van der Waals surface area contributed by atoms with Crippen LogP contribution in [0.5, 0.6) is 0 Å². The van der Waals surface area contributed by atoms with E-state index in [2.05, 4.69) is 10.2 Å². The number of hydrogen-bond donors (Lipinski definition) is 1. The number of rotatable bonds is 4. The van der Waals surface area contributed by atoms with Crippen LogP contribution in [-0.4, -0.2) is 42.6 Å². The van der Waals surface area contributed by atoms with E-state index in [9.17, 15) is 4.79 Å². The first-order chi connectivity index (χ1) is 11.0. The van der Waals surface area contributed by atoms with E-state index in [0.29, 0.717) is 6.54 Å². The Balaban J connectivity index is 1.58. The molecule has 0 saturated carbocycles. The van der Waals surface area contributed by atoms with Gasteiger partial charge in [0.15, 0.2) is 0 Å². The van der Waals surface area contributed by atoms with Crippen molar-refractivity contribution in [3.63, 3.8) is 0 Å². The Kier molecular flexibility index (Phi) is 4.68. The van der Waals surface area contributed by atoms with E-state index in [1.807, 2.05) is 51.1 Å². The SMILES string of the molecule is C[C@@H]1CN(CC(=O)N[C@H](C)c2cc3ccccc3o2)C[C@@H](C)O1. The summed E-state index contributed by atoms with van der Waals surface area (Å²) in [5, 5.41) is 4.07. The summed E-state index contributed by atoms with van der Waals surface area (Å²) in [6.45, 7) is 7.99. The van der Waals surface area contributed by atoms with Crippen LogP contribution in [-0.2, 0) is 9.53 Å². The quantitative estimate of drug-likeness (QED) is 0.942. The second-order valence-corrected chi connectivity index (χ2v) is 6.43.